The number of nitrogens with one attached hydrogen (secondary N) is 1. The summed E-state index contributed by atoms with van der Waals surface area (Å²) in [5.74, 6) is -36.4. The largest absolute Gasteiger partial charge is 1.00 e. The van der Waals surface area contributed by atoms with Crippen molar-refractivity contribution in [2.45, 2.75) is 81.2 Å². The lowest BCUT2D eigenvalue weighted by Crippen LogP contribution is -3.07. The van der Waals surface area contributed by atoms with Gasteiger partial charge < -0.3 is 28.9 Å². The van der Waals surface area contributed by atoms with Crippen LogP contribution in [0, 0.1) is 0 Å². The first-order valence-corrected chi connectivity index (χ1v) is 9.99. The number of quaternary nitrogens is 1. The van der Waals surface area contributed by atoms with Gasteiger partial charge in [0.15, 0.2) is 6.67 Å². The second kappa shape index (κ2) is 11.6. The fourth-order valence-corrected chi connectivity index (χ4v) is 3.14. The Morgan fingerprint density at radius 3 is 1.74 bits per heavy atom. The highest BCUT2D eigenvalue weighted by Gasteiger charge is 2.90. The summed E-state index contributed by atoms with van der Waals surface area (Å²) in [5, 5.41) is 0. The number of nitrogens with zero attached hydrogens (tertiary/aromatic N) is 1. The van der Waals surface area contributed by atoms with Crippen molar-refractivity contribution in [1.29, 1.82) is 0 Å². The van der Waals surface area contributed by atoms with E-state index in [2.05, 4.69) is 0 Å². The van der Waals surface area contributed by atoms with Gasteiger partial charge in [-0.05, 0) is 19.3 Å². The van der Waals surface area contributed by atoms with Crippen molar-refractivity contribution in [3.8, 4) is 0 Å². The maximum Gasteiger partial charge on any atom is 0.460 e. The molecule has 0 bridgehead atoms. The van der Waals surface area contributed by atoms with Gasteiger partial charge in [-0.3, -0.25) is 4.90 Å². The Bertz CT molecular complexity index is 665. The maximum atomic E-state index is 13.8. The van der Waals surface area contributed by atoms with Gasteiger partial charge in [-0.2, -0.15) is 57.1 Å². The summed E-state index contributed by atoms with van der Waals surface area (Å²) < 4.78 is 170. The topological polar surface area (TPSA) is 7.68 Å². The molecule has 1 unspecified atom stereocenters. The Morgan fingerprint density at radius 1 is 0.706 bits per heavy atom. The summed E-state index contributed by atoms with van der Waals surface area (Å²) in [6.07, 6.45) is -3.63. The summed E-state index contributed by atoms with van der Waals surface area (Å²) in [7, 11) is 0. The van der Waals surface area contributed by atoms with Gasteiger partial charge in [0, 0.05) is 13.0 Å². The molecule has 0 aromatic rings. The molecule has 0 aromatic carbocycles. The van der Waals surface area contributed by atoms with Crippen LogP contribution in [0.4, 0.5) is 57.1 Å². The van der Waals surface area contributed by atoms with E-state index >= 15 is 0 Å². The number of rotatable bonds is 13. The zero-order chi connectivity index (χ0) is 25.9. The second-order valence-electron chi connectivity index (χ2n) is 7.86. The van der Waals surface area contributed by atoms with Gasteiger partial charge in [0.25, 0.3) is 0 Å². The van der Waals surface area contributed by atoms with Gasteiger partial charge >= 0.3 is 35.8 Å². The lowest BCUT2D eigenvalue weighted by atomic mass is 9.92. The molecule has 0 amide bonds. The Hall–Kier alpha value is -0.680. The molecule has 1 atom stereocenters. The molecule has 1 heterocycles. The van der Waals surface area contributed by atoms with Gasteiger partial charge in [0.05, 0.1) is 12.7 Å². The van der Waals surface area contributed by atoms with E-state index in [0.717, 1.165) is 30.6 Å². The number of halogens is 14. The fourth-order valence-electron chi connectivity index (χ4n) is 3.14. The summed E-state index contributed by atoms with van der Waals surface area (Å²) in [5.41, 5.74) is 0. The third kappa shape index (κ3) is 6.55. The molecule has 1 rings (SSSR count). The molecule has 0 spiro atoms. The first kappa shape index (κ1) is 33.3. The molecular formula is C18H24F13IN2. The van der Waals surface area contributed by atoms with Crippen LogP contribution >= 0.6 is 0 Å². The van der Waals surface area contributed by atoms with Crippen LogP contribution in [0.15, 0.2) is 12.4 Å². The molecule has 1 N–H and O–H groups in total. The van der Waals surface area contributed by atoms with Gasteiger partial charge in [0.2, 0.25) is 0 Å². The average Bonchev–Trinajstić information content (AvgIpc) is 3.11. The fraction of sp³-hybridized carbons (Fsp3) is 0.889. The summed E-state index contributed by atoms with van der Waals surface area (Å²) in [4.78, 5) is 2.26. The molecule has 34 heavy (non-hydrogen) atoms. The van der Waals surface area contributed by atoms with Crippen molar-refractivity contribution < 1.29 is 86.0 Å². The monoisotopic (exact) mass is 642 g/mol. The van der Waals surface area contributed by atoms with Crippen LogP contribution in [0.5, 0.6) is 0 Å². The Labute approximate surface area is 204 Å². The third-order valence-electron chi connectivity index (χ3n) is 5.21. The van der Waals surface area contributed by atoms with Crippen LogP contribution in [0.2, 0.25) is 0 Å². The van der Waals surface area contributed by atoms with Crippen LogP contribution < -0.4 is 28.9 Å². The SMILES string of the molecule is CCCCCC[NH+]1C=CN(CCCC(F)(F)C(F)(F)C(F)(F)C(F)(F)C(F)(F)C(F)(F)F)C1.[I-]. The molecule has 0 aromatic heterocycles. The van der Waals surface area contributed by atoms with Gasteiger partial charge in [-0.25, -0.2) is 0 Å². The van der Waals surface area contributed by atoms with E-state index in [-0.39, 0.29) is 37.2 Å². The predicted molar refractivity (Wildman–Crippen MR) is 90.7 cm³/mol. The van der Waals surface area contributed by atoms with Crippen molar-refractivity contribution in [2.24, 2.45) is 0 Å². The Morgan fingerprint density at radius 2 is 1.24 bits per heavy atom. The van der Waals surface area contributed by atoms with Crippen molar-refractivity contribution in [3.05, 3.63) is 12.4 Å². The summed E-state index contributed by atoms with van der Waals surface area (Å²) in [6, 6.07) is 0. The second-order valence-corrected chi connectivity index (χ2v) is 7.86. The minimum Gasteiger partial charge on any atom is -1.00 e. The Balaban J connectivity index is 0.0000109. The Kier molecular flexibility index (Phi) is 11.4. The highest BCUT2D eigenvalue weighted by atomic mass is 127. The van der Waals surface area contributed by atoms with Crippen LogP contribution in [-0.2, 0) is 0 Å². The molecule has 204 valence electrons. The molecule has 1 aliphatic heterocycles. The minimum absolute atomic E-state index is 0. The standard InChI is InChI=1S/C18H23F13N2.HI/c1-2-3-4-5-8-32-10-11-33(12-32)9-6-7-13(19,20)14(21,22)15(23,24)16(25,26)17(27,28)18(29,30)31;/h10-11H,2-9,12H2,1H3;1H. The van der Waals surface area contributed by atoms with E-state index in [1.54, 1.807) is 6.20 Å². The smallest absolute Gasteiger partial charge is 0.460 e. The molecule has 16 heteroatoms. The highest BCUT2D eigenvalue weighted by molar-refractivity contribution is 5.10. The number of unbranched alkanes of at least 4 members (excludes halogenated alkanes) is 3. The molecule has 1 aliphatic rings. The molecule has 0 radical (unpaired) electrons. The van der Waals surface area contributed by atoms with Gasteiger partial charge in [-0.15, -0.1) is 0 Å². The van der Waals surface area contributed by atoms with Crippen molar-refractivity contribution in [2.75, 3.05) is 19.8 Å². The van der Waals surface area contributed by atoms with Crippen LogP contribution in [0.1, 0.15) is 45.4 Å². The van der Waals surface area contributed by atoms with Crippen molar-refractivity contribution in [3.63, 3.8) is 0 Å². The van der Waals surface area contributed by atoms with Gasteiger partial charge in [-0.1, -0.05) is 19.8 Å². The molecular weight excluding hydrogens is 618 g/mol. The lowest BCUT2D eigenvalue weighted by Gasteiger charge is -2.39. The summed E-state index contributed by atoms with van der Waals surface area (Å²) >= 11 is 0. The highest BCUT2D eigenvalue weighted by Crippen LogP contribution is 2.60. The number of alkyl halides is 13. The van der Waals surface area contributed by atoms with E-state index in [1.165, 1.54) is 11.1 Å². The zero-order valence-corrected chi connectivity index (χ0v) is 19.9. The molecule has 0 saturated heterocycles. The zero-order valence-electron chi connectivity index (χ0n) is 17.8. The molecule has 2 nitrogen and oxygen atoms in total. The van der Waals surface area contributed by atoms with Crippen LogP contribution in [0.25, 0.3) is 0 Å². The van der Waals surface area contributed by atoms with E-state index in [9.17, 15) is 57.1 Å². The molecule has 0 saturated carbocycles. The van der Waals surface area contributed by atoms with Gasteiger partial charge in [0.1, 0.15) is 6.20 Å². The summed E-state index contributed by atoms with van der Waals surface area (Å²) in [6.45, 7) is 2.53. The molecule has 0 fully saturated rings. The van der Waals surface area contributed by atoms with E-state index in [4.69, 9.17) is 0 Å². The lowest BCUT2D eigenvalue weighted by molar-refractivity contribution is -0.849. The average molecular weight is 642 g/mol. The molecule has 0 aliphatic carbocycles. The predicted octanol–water partition coefficient (Wildman–Crippen LogP) is 2.72. The van der Waals surface area contributed by atoms with Crippen LogP contribution in [0.3, 0.4) is 0 Å². The quantitative estimate of drug-likeness (QED) is 0.185. The maximum absolute atomic E-state index is 13.8. The van der Waals surface area contributed by atoms with Crippen molar-refractivity contribution >= 4 is 0 Å². The van der Waals surface area contributed by atoms with E-state index in [1.807, 2.05) is 6.92 Å². The first-order valence-electron chi connectivity index (χ1n) is 9.99. The third-order valence-corrected chi connectivity index (χ3v) is 5.21. The van der Waals surface area contributed by atoms with E-state index < -0.39 is 48.6 Å². The normalized spacial score (nSPS) is 18.4. The van der Waals surface area contributed by atoms with E-state index in [0.29, 0.717) is 6.54 Å². The number of hydrogen-bond acceptors (Lipinski definition) is 1. The first-order chi connectivity index (χ1) is 14.8. The minimum atomic E-state index is -7.84. The number of hydrogen-bond donors (Lipinski definition) is 1. The van der Waals surface area contributed by atoms with Crippen molar-refractivity contribution in [1.82, 2.24) is 4.90 Å². The van der Waals surface area contributed by atoms with Crippen LogP contribution in [-0.4, -0.2) is 60.4 Å².